The lowest BCUT2D eigenvalue weighted by Gasteiger charge is -2.38. The highest BCUT2D eigenvalue weighted by molar-refractivity contribution is 5.94. The van der Waals surface area contributed by atoms with Crippen molar-refractivity contribution in [3.8, 4) is 0 Å². The Morgan fingerprint density at radius 3 is 2.42 bits per heavy atom. The van der Waals surface area contributed by atoms with Crippen LogP contribution in [0.3, 0.4) is 0 Å². The molecule has 19 heavy (non-hydrogen) atoms. The molecule has 0 bridgehead atoms. The first-order chi connectivity index (χ1) is 9.11. The summed E-state index contributed by atoms with van der Waals surface area (Å²) in [5, 5.41) is 0. The van der Waals surface area contributed by atoms with E-state index in [0.29, 0.717) is 18.2 Å². The topological polar surface area (TPSA) is 36.4 Å². The lowest BCUT2D eigenvalue weighted by atomic mass is 10.2. The number of Topliss-reactive ketones (excluding diaryl/α,β-unsaturated/α-hetero) is 1. The third-order valence-corrected chi connectivity index (χ3v) is 3.76. The van der Waals surface area contributed by atoms with Crippen LogP contribution in [0.4, 0.5) is 5.69 Å². The molecule has 0 aromatic carbocycles. The zero-order valence-corrected chi connectivity index (χ0v) is 12.1. The number of aromatic nitrogens is 1. The minimum Gasteiger partial charge on any atom is -0.368 e. The van der Waals surface area contributed by atoms with Crippen molar-refractivity contribution in [3.63, 3.8) is 0 Å². The summed E-state index contributed by atoms with van der Waals surface area (Å²) in [7, 11) is 0. The van der Waals surface area contributed by atoms with Gasteiger partial charge in [0.15, 0.2) is 5.78 Å². The number of hydrogen-bond donors (Lipinski definition) is 0. The number of carbonyl (C=O) groups is 1. The molecular weight excluding hydrogens is 238 g/mol. The predicted octanol–water partition coefficient (Wildman–Crippen LogP) is 2.20. The van der Waals surface area contributed by atoms with Gasteiger partial charge in [0.2, 0.25) is 0 Å². The molecule has 0 spiro atoms. The fourth-order valence-corrected chi connectivity index (χ4v) is 2.42. The molecule has 1 aliphatic rings. The molecule has 1 aliphatic heterocycles. The summed E-state index contributed by atoms with van der Waals surface area (Å²) in [5.41, 5.74) is 1.70. The van der Waals surface area contributed by atoms with E-state index in [0.717, 1.165) is 31.9 Å². The summed E-state index contributed by atoms with van der Waals surface area (Å²) < 4.78 is 0. The van der Waals surface area contributed by atoms with Gasteiger partial charge in [-0.2, -0.15) is 0 Å². The Bertz CT molecular complexity index is 420. The van der Waals surface area contributed by atoms with Crippen molar-refractivity contribution < 1.29 is 4.79 Å². The Balaban J connectivity index is 1.98. The zero-order valence-electron chi connectivity index (χ0n) is 12.1. The van der Waals surface area contributed by atoms with Gasteiger partial charge in [0.05, 0.1) is 11.9 Å². The van der Waals surface area contributed by atoms with Gasteiger partial charge >= 0.3 is 0 Å². The van der Waals surface area contributed by atoms with Crippen LogP contribution in [-0.2, 0) is 0 Å². The molecule has 0 amide bonds. The Kier molecular flexibility index (Phi) is 4.53. The van der Waals surface area contributed by atoms with Gasteiger partial charge in [-0.05, 0) is 26.0 Å². The molecule has 0 saturated carbocycles. The largest absolute Gasteiger partial charge is 0.368 e. The molecule has 0 radical (unpaired) electrons. The molecule has 1 fully saturated rings. The van der Waals surface area contributed by atoms with Crippen LogP contribution in [0.15, 0.2) is 18.3 Å². The molecule has 0 unspecified atom stereocenters. The van der Waals surface area contributed by atoms with E-state index in [4.69, 9.17) is 0 Å². The van der Waals surface area contributed by atoms with Crippen LogP contribution in [0.1, 0.15) is 37.7 Å². The molecule has 4 nitrogen and oxygen atoms in total. The molecule has 104 valence electrons. The molecular formula is C15H23N3O. The van der Waals surface area contributed by atoms with Crippen molar-refractivity contribution in [1.82, 2.24) is 9.88 Å². The van der Waals surface area contributed by atoms with E-state index in [-0.39, 0.29) is 5.78 Å². The normalized spacial score (nSPS) is 16.9. The molecule has 4 heteroatoms. The number of hydrogen-bond acceptors (Lipinski definition) is 4. The lowest BCUT2D eigenvalue weighted by Crippen LogP contribution is -2.48. The van der Waals surface area contributed by atoms with E-state index in [1.54, 1.807) is 0 Å². The Morgan fingerprint density at radius 1 is 1.26 bits per heavy atom. The van der Waals surface area contributed by atoms with Gasteiger partial charge in [-0.3, -0.25) is 14.7 Å². The van der Waals surface area contributed by atoms with Gasteiger partial charge < -0.3 is 4.90 Å². The Hall–Kier alpha value is -1.42. The maximum absolute atomic E-state index is 11.5. The highest BCUT2D eigenvalue weighted by Crippen LogP contribution is 2.17. The maximum Gasteiger partial charge on any atom is 0.180 e. The summed E-state index contributed by atoms with van der Waals surface area (Å²) in [4.78, 5) is 20.6. The first-order valence-electron chi connectivity index (χ1n) is 7.10. The fourth-order valence-electron chi connectivity index (χ4n) is 2.42. The predicted molar refractivity (Wildman–Crippen MR) is 77.8 cm³/mol. The number of rotatable bonds is 4. The van der Waals surface area contributed by atoms with E-state index in [9.17, 15) is 4.79 Å². The summed E-state index contributed by atoms with van der Waals surface area (Å²) >= 11 is 0. The van der Waals surface area contributed by atoms with Gasteiger partial charge in [0.1, 0.15) is 5.69 Å². The summed E-state index contributed by atoms with van der Waals surface area (Å²) in [6.07, 6.45) is 2.34. The molecule has 1 saturated heterocycles. The van der Waals surface area contributed by atoms with Crippen LogP contribution in [0.2, 0.25) is 0 Å². The minimum absolute atomic E-state index is 0.108. The van der Waals surface area contributed by atoms with Gasteiger partial charge in [-0.15, -0.1) is 0 Å². The third-order valence-electron chi connectivity index (χ3n) is 3.76. The fraction of sp³-hybridized carbons (Fsp3) is 0.600. The maximum atomic E-state index is 11.5. The van der Waals surface area contributed by atoms with Gasteiger partial charge in [-0.25, -0.2) is 0 Å². The van der Waals surface area contributed by atoms with Crippen LogP contribution in [0.25, 0.3) is 0 Å². The molecule has 0 N–H and O–H groups in total. The number of ketones is 1. The molecule has 1 aromatic heterocycles. The van der Waals surface area contributed by atoms with E-state index < -0.39 is 0 Å². The first kappa shape index (κ1) is 14.0. The molecule has 0 atom stereocenters. The summed E-state index contributed by atoms with van der Waals surface area (Å²) in [5.74, 6) is 0.108. The smallest absolute Gasteiger partial charge is 0.180 e. The molecule has 2 rings (SSSR count). The Morgan fingerprint density at radius 2 is 1.95 bits per heavy atom. The molecule has 2 heterocycles. The quantitative estimate of drug-likeness (QED) is 0.779. The van der Waals surface area contributed by atoms with Gasteiger partial charge in [0.25, 0.3) is 0 Å². The standard InChI is InChI=1S/C15H23N3O/c1-4-15(19)14-6-5-13(11-16-14)18-9-7-17(8-10-18)12(2)3/h5-6,11-12H,4,7-10H2,1-3H3. The van der Waals surface area contributed by atoms with Gasteiger partial charge in [-0.1, -0.05) is 6.92 Å². The van der Waals surface area contributed by atoms with E-state index in [2.05, 4.69) is 28.6 Å². The average Bonchev–Trinajstić information content (AvgIpc) is 2.46. The zero-order chi connectivity index (χ0) is 13.8. The van der Waals surface area contributed by atoms with E-state index >= 15 is 0 Å². The number of anilines is 1. The second-order valence-corrected chi connectivity index (χ2v) is 5.30. The highest BCUT2D eigenvalue weighted by atomic mass is 16.1. The minimum atomic E-state index is 0.108. The first-order valence-corrected chi connectivity index (χ1v) is 7.10. The number of piperazine rings is 1. The molecule has 1 aromatic rings. The number of carbonyl (C=O) groups excluding carboxylic acids is 1. The number of nitrogens with zero attached hydrogens (tertiary/aromatic N) is 3. The second-order valence-electron chi connectivity index (χ2n) is 5.30. The van der Waals surface area contributed by atoms with Crippen LogP contribution >= 0.6 is 0 Å². The van der Waals surface area contributed by atoms with Crippen molar-refractivity contribution in [2.75, 3.05) is 31.1 Å². The van der Waals surface area contributed by atoms with Crippen molar-refractivity contribution in [1.29, 1.82) is 0 Å². The lowest BCUT2D eigenvalue weighted by molar-refractivity contribution is 0.0983. The van der Waals surface area contributed by atoms with Gasteiger partial charge in [0, 0.05) is 38.6 Å². The highest BCUT2D eigenvalue weighted by Gasteiger charge is 2.19. The van der Waals surface area contributed by atoms with Crippen molar-refractivity contribution in [2.24, 2.45) is 0 Å². The van der Waals surface area contributed by atoms with Crippen molar-refractivity contribution in [2.45, 2.75) is 33.2 Å². The summed E-state index contributed by atoms with van der Waals surface area (Å²) in [6.45, 7) is 10.6. The SMILES string of the molecule is CCC(=O)c1ccc(N2CCN(C(C)C)CC2)cn1. The number of pyridine rings is 1. The van der Waals surface area contributed by atoms with Crippen LogP contribution in [0.5, 0.6) is 0 Å². The monoisotopic (exact) mass is 261 g/mol. The third kappa shape index (κ3) is 3.32. The van der Waals surface area contributed by atoms with Crippen molar-refractivity contribution >= 4 is 11.5 Å². The van der Waals surface area contributed by atoms with Crippen LogP contribution in [0, 0.1) is 0 Å². The van der Waals surface area contributed by atoms with Crippen molar-refractivity contribution in [3.05, 3.63) is 24.0 Å². The average molecular weight is 261 g/mol. The van der Waals surface area contributed by atoms with Crippen LogP contribution < -0.4 is 4.90 Å². The van der Waals surface area contributed by atoms with E-state index in [1.807, 2.05) is 25.3 Å². The second kappa shape index (κ2) is 6.15. The molecule has 0 aliphatic carbocycles. The van der Waals surface area contributed by atoms with E-state index in [1.165, 1.54) is 0 Å². The Labute approximate surface area is 115 Å². The van der Waals surface area contributed by atoms with Crippen LogP contribution in [-0.4, -0.2) is 47.9 Å². The summed E-state index contributed by atoms with van der Waals surface area (Å²) in [6, 6.07) is 4.47.